The van der Waals surface area contributed by atoms with E-state index in [1.54, 1.807) is 48.5 Å². The fourth-order valence-electron chi connectivity index (χ4n) is 2.98. The number of carbonyl (C=O) groups is 2. The highest BCUT2D eigenvalue weighted by Crippen LogP contribution is 2.47. The van der Waals surface area contributed by atoms with Crippen molar-refractivity contribution in [2.75, 3.05) is 27.3 Å². The molecular weight excluding hydrogens is 320 g/mol. The molecule has 0 N–H and O–H groups in total. The van der Waals surface area contributed by atoms with Gasteiger partial charge in [0.2, 0.25) is 5.91 Å². The van der Waals surface area contributed by atoms with Crippen LogP contribution in [-0.4, -0.2) is 49.1 Å². The predicted octanol–water partition coefficient (Wildman–Crippen LogP) is 2.49. The number of hydrogen-bond acceptors (Lipinski definition) is 4. The first-order chi connectivity index (χ1) is 12.0. The summed E-state index contributed by atoms with van der Waals surface area (Å²) in [7, 11) is 3.17. The summed E-state index contributed by atoms with van der Waals surface area (Å²) in [5.74, 6) is 1.21. The molecule has 0 bridgehead atoms. The van der Waals surface area contributed by atoms with Crippen molar-refractivity contribution < 1.29 is 19.1 Å². The van der Waals surface area contributed by atoms with Gasteiger partial charge in [0.15, 0.2) is 0 Å². The number of benzene rings is 1. The van der Waals surface area contributed by atoms with Crippen molar-refractivity contribution in [3.05, 3.63) is 29.8 Å². The predicted molar refractivity (Wildman–Crippen MR) is 94.0 cm³/mol. The first-order valence-electron chi connectivity index (χ1n) is 8.52. The van der Waals surface area contributed by atoms with Gasteiger partial charge in [-0.2, -0.15) is 0 Å². The third-order valence-corrected chi connectivity index (χ3v) is 4.88. The van der Waals surface area contributed by atoms with E-state index < -0.39 is 0 Å². The van der Waals surface area contributed by atoms with E-state index in [1.807, 2.05) is 6.92 Å². The second-order valence-corrected chi connectivity index (χ2v) is 6.75. The van der Waals surface area contributed by atoms with Crippen molar-refractivity contribution in [2.45, 2.75) is 26.2 Å². The Hall–Kier alpha value is -2.50. The molecule has 3 rings (SSSR count). The zero-order valence-corrected chi connectivity index (χ0v) is 14.9. The second kappa shape index (κ2) is 6.78. The Labute approximate surface area is 148 Å². The molecule has 0 atom stereocenters. The fraction of sp³-hybridized carbons (Fsp3) is 0.474. The maximum absolute atomic E-state index is 12.6. The summed E-state index contributed by atoms with van der Waals surface area (Å²) in [6.07, 6.45) is 5.80. The molecule has 1 aliphatic heterocycles. The summed E-state index contributed by atoms with van der Waals surface area (Å²) in [6, 6.07) is 5.40. The average molecular weight is 344 g/mol. The van der Waals surface area contributed by atoms with E-state index in [4.69, 9.17) is 9.47 Å². The Morgan fingerprint density at radius 2 is 1.84 bits per heavy atom. The minimum absolute atomic E-state index is 0.0608. The molecule has 2 amide bonds. The van der Waals surface area contributed by atoms with Crippen LogP contribution >= 0.6 is 0 Å². The van der Waals surface area contributed by atoms with Crippen LogP contribution in [0, 0.1) is 5.41 Å². The van der Waals surface area contributed by atoms with Crippen LogP contribution in [0.15, 0.2) is 24.3 Å². The summed E-state index contributed by atoms with van der Waals surface area (Å²) in [5, 5.41) is 3.16. The molecule has 0 radical (unpaired) electrons. The Bertz CT molecular complexity index is 709. The topological polar surface area (TPSA) is 59.1 Å². The van der Waals surface area contributed by atoms with E-state index in [1.165, 1.54) is 6.08 Å². The van der Waals surface area contributed by atoms with Gasteiger partial charge in [-0.05, 0) is 43.5 Å². The van der Waals surface area contributed by atoms with Crippen molar-refractivity contribution in [3.63, 3.8) is 0 Å². The molecule has 25 heavy (non-hydrogen) atoms. The quantitative estimate of drug-likeness (QED) is 0.770. The van der Waals surface area contributed by atoms with Crippen LogP contribution in [-0.2, 0) is 9.59 Å². The smallest absolute Gasteiger partial charge is 0.265 e. The van der Waals surface area contributed by atoms with Gasteiger partial charge in [-0.3, -0.25) is 14.6 Å². The van der Waals surface area contributed by atoms with E-state index >= 15 is 0 Å². The maximum Gasteiger partial charge on any atom is 0.265 e. The van der Waals surface area contributed by atoms with Crippen LogP contribution in [0.2, 0.25) is 0 Å². The summed E-state index contributed by atoms with van der Waals surface area (Å²) in [4.78, 5) is 25.2. The number of nitrogens with zero attached hydrogens (tertiary/aromatic N) is 2. The van der Waals surface area contributed by atoms with E-state index in [0.717, 1.165) is 24.8 Å². The van der Waals surface area contributed by atoms with Crippen LogP contribution in [0.4, 0.5) is 0 Å². The van der Waals surface area contributed by atoms with Crippen molar-refractivity contribution in [2.24, 2.45) is 5.41 Å². The summed E-state index contributed by atoms with van der Waals surface area (Å²) in [5.41, 5.74) is 0.476. The molecule has 6 heteroatoms. The number of amides is 2. The first kappa shape index (κ1) is 17.3. The van der Waals surface area contributed by atoms with Gasteiger partial charge in [-0.25, -0.2) is 5.01 Å². The van der Waals surface area contributed by atoms with Crippen LogP contribution < -0.4 is 9.47 Å². The largest absolute Gasteiger partial charge is 0.497 e. The molecule has 1 aromatic carbocycles. The highest BCUT2D eigenvalue weighted by atomic mass is 16.5. The molecule has 1 saturated carbocycles. The Kier molecular flexibility index (Phi) is 4.70. The molecule has 1 aromatic rings. The van der Waals surface area contributed by atoms with Gasteiger partial charge in [-0.15, -0.1) is 0 Å². The molecule has 0 unspecified atom stereocenters. The van der Waals surface area contributed by atoms with E-state index in [0.29, 0.717) is 24.6 Å². The molecule has 0 spiro atoms. The average Bonchev–Trinajstić information content (AvgIpc) is 3.20. The van der Waals surface area contributed by atoms with Crippen LogP contribution in [0.1, 0.15) is 31.7 Å². The highest BCUT2D eigenvalue weighted by molar-refractivity contribution is 5.95. The summed E-state index contributed by atoms with van der Waals surface area (Å²) in [6.45, 7) is 3.14. The Balaban J connectivity index is 1.75. The number of hydrogen-bond donors (Lipinski definition) is 0. The highest BCUT2D eigenvalue weighted by Gasteiger charge is 2.49. The molecule has 6 nitrogen and oxygen atoms in total. The second-order valence-electron chi connectivity index (χ2n) is 6.75. The van der Waals surface area contributed by atoms with Gasteiger partial charge in [0.25, 0.3) is 5.91 Å². The standard InChI is InChI=1S/C19H24N2O4/c1-19(9-10-19)18(23)21-12-4-11-20(21)17(22)8-5-14-13-15(24-2)6-7-16(14)25-3/h5-8,13H,4,9-12H2,1-3H3. The van der Waals surface area contributed by atoms with Gasteiger partial charge in [0.1, 0.15) is 11.5 Å². The number of rotatable bonds is 5. The monoisotopic (exact) mass is 344 g/mol. The van der Waals surface area contributed by atoms with Gasteiger partial charge >= 0.3 is 0 Å². The van der Waals surface area contributed by atoms with Gasteiger partial charge < -0.3 is 9.47 Å². The molecule has 1 heterocycles. The van der Waals surface area contributed by atoms with Crippen LogP contribution in [0.5, 0.6) is 11.5 Å². The van der Waals surface area contributed by atoms with Crippen molar-refractivity contribution >= 4 is 17.9 Å². The van der Waals surface area contributed by atoms with Crippen molar-refractivity contribution in [3.8, 4) is 11.5 Å². The molecule has 1 aliphatic carbocycles. The molecule has 134 valence electrons. The van der Waals surface area contributed by atoms with Crippen molar-refractivity contribution in [1.82, 2.24) is 10.0 Å². The van der Waals surface area contributed by atoms with E-state index in [-0.39, 0.29) is 17.2 Å². The Morgan fingerprint density at radius 1 is 1.12 bits per heavy atom. The lowest BCUT2D eigenvalue weighted by molar-refractivity contribution is -0.158. The van der Waals surface area contributed by atoms with E-state index in [9.17, 15) is 9.59 Å². The van der Waals surface area contributed by atoms with Crippen LogP contribution in [0.3, 0.4) is 0 Å². The first-order valence-corrected chi connectivity index (χ1v) is 8.52. The lowest BCUT2D eigenvalue weighted by Gasteiger charge is -2.29. The SMILES string of the molecule is COc1ccc(OC)c(C=CC(=O)N2CCCN2C(=O)C2(C)CC2)c1. The van der Waals surface area contributed by atoms with E-state index in [2.05, 4.69) is 0 Å². The third kappa shape index (κ3) is 3.48. The normalized spacial score (nSPS) is 18.5. The molecule has 2 aliphatic rings. The zero-order valence-electron chi connectivity index (χ0n) is 14.9. The van der Waals surface area contributed by atoms with Gasteiger partial charge in [0.05, 0.1) is 14.2 Å². The minimum atomic E-state index is -0.275. The van der Waals surface area contributed by atoms with Gasteiger partial charge in [-0.1, -0.05) is 6.92 Å². The molecule has 0 aromatic heterocycles. The van der Waals surface area contributed by atoms with Crippen molar-refractivity contribution in [1.29, 1.82) is 0 Å². The lowest BCUT2D eigenvalue weighted by Crippen LogP contribution is -2.46. The fourth-order valence-corrected chi connectivity index (χ4v) is 2.98. The number of carbonyl (C=O) groups excluding carboxylic acids is 2. The zero-order chi connectivity index (χ0) is 18.0. The summed E-state index contributed by atoms with van der Waals surface area (Å²) >= 11 is 0. The maximum atomic E-state index is 12.6. The van der Waals surface area contributed by atoms with Crippen LogP contribution in [0.25, 0.3) is 6.08 Å². The third-order valence-electron chi connectivity index (χ3n) is 4.88. The number of methoxy groups -OCH3 is 2. The van der Waals surface area contributed by atoms with Gasteiger partial charge in [0, 0.05) is 30.1 Å². The number of ether oxygens (including phenoxy) is 2. The molecule has 2 fully saturated rings. The Morgan fingerprint density at radius 3 is 2.48 bits per heavy atom. The minimum Gasteiger partial charge on any atom is -0.497 e. The lowest BCUT2D eigenvalue weighted by atomic mass is 10.1. The summed E-state index contributed by atoms with van der Waals surface area (Å²) < 4.78 is 10.5. The number of hydrazine groups is 1. The molecular formula is C19H24N2O4. The molecule has 1 saturated heterocycles.